The van der Waals surface area contributed by atoms with Crippen molar-refractivity contribution in [1.82, 2.24) is 5.32 Å². The molecule has 24 heavy (non-hydrogen) atoms. The maximum Gasteiger partial charge on any atom is 0.230 e. The maximum absolute atomic E-state index is 12.1. The van der Waals surface area contributed by atoms with Crippen molar-refractivity contribution < 1.29 is 9.53 Å². The van der Waals surface area contributed by atoms with E-state index < -0.39 is 0 Å². The van der Waals surface area contributed by atoms with Gasteiger partial charge in [0.05, 0.1) is 12.4 Å². The number of hydrogen-bond donors (Lipinski definition) is 1. The Morgan fingerprint density at radius 1 is 1.12 bits per heavy atom. The van der Waals surface area contributed by atoms with Crippen molar-refractivity contribution in [2.75, 3.05) is 12.9 Å². The van der Waals surface area contributed by atoms with Crippen LogP contribution >= 0.6 is 27.7 Å². The van der Waals surface area contributed by atoms with Crippen LogP contribution in [0, 0.1) is 13.8 Å². The van der Waals surface area contributed by atoms with Crippen LogP contribution in [0.15, 0.2) is 45.8 Å². The minimum Gasteiger partial charge on any atom is -0.380 e. The lowest BCUT2D eigenvalue weighted by Gasteiger charge is -2.09. The number of aryl methyl sites for hydroxylation is 2. The third kappa shape index (κ3) is 5.65. The quantitative estimate of drug-likeness (QED) is 0.680. The Kier molecular flexibility index (Phi) is 7.34. The summed E-state index contributed by atoms with van der Waals surface area (Å²) in [5.41, 5.74) is 4.58. The van der Waals surface area contributed by atoms with E-state index in [-0.39, 0.29) is 5.91 Å². The van der Waals surface area contributed by atoms with Gasteiger partial charge in [-0.15, -0.1) is 11.8 Å². The van der Waals surface area contributed by atoms with E-state index in [1.165, 1.54) is 11.1 Å². The average Bonchev–Trinajstić information content (AvgIpc) is 2.56. The first kappa shape index (κ1) is 19.0. The zero-order valence-electron chi connectivity index (χ0n) is 14.2. The van der Waals surface area contributed by atoms with Crippen LogP contribution in [0.4, 0.5) is 0 Å². The Balaban J connectivity index is 1.82. The third-order valence-electron chi connectivity index (χ3n) is 3.64. The predicted molar refractivity (Wildman–Crippen MR) is 103 cm³/mol. The van der Waals surface area contributed by atoms with Crippen molar-refractivity contribution >= 4 is 33.6 Å². The number of rotatable bonds is 7. The molecule has 2 aromatic rings. The topological polar surface area (TPSA) is 38.3 Å². The van der Waals surface area contributed by atoms with Gasteiger partial charge in [-0.3, -0.25) is 4.79 Å². The maximum atomic E-state index is 12.1. The fourth-order valence-corrected chi connectivity index (χ4v) is 3.62. The van der Waals surface area contributed by atoms with Crippen LogP contribution in [0.5, 0.6) is 0 Å². The highest BCUT2D eigenvalue weighted by Gasteiger charge is 2.07. The van der Waals surface area contributed by atoms with Crippen LogP contribution in [-0.2, 0) is 22.7 Å². The molecule has 0 bridgehead atoms. The van der Waals surface area contributed by atoms with Crippen molar-refractivity contribution in [1.29, 1.82) is 0 Å². The highest BCUT2D eigenvalue weighted by molar-refractivity contribution is 9.10. The van der Waals surface area contributed by atoms with Crippen LogP contribution in [0.2, 0.25) is 0 Å². The second-order valence-electron chi connectivity index (χ2n) is 5.68. The summed E-state index contributed by atoms with van der Waals surface area (Å²) >= 11 is 5.10. The molecule has 128 valence electrons. The Labute approximate surface area is 156 Å². The van der Waals surface area contributed by atoms with Gasteiger partial charge in [0.25, 0.3) is 0 Å². The second kappa shape index (κ2) is 9.25. The lowest BCUT2D eigenvalue weighted by molar-refractivity contribution is -0.118. The molecule has 5 heteroatoms. The van der Waals surface area contributed by atoms with E-state index in [1.807, 2.05) is 24.3 Å². The first-order chi connectivity index (χ1) is 11.5. The summed E-state index contributed by atoms with van der Waals surface area (Å²) in [5.74, 6) is 0.463. The molecule has 0 saturated carbocycles. The van der Waals surface area contributed by atoms with Crippen molar-refractivity contribution in [2.45, 2.75) is 31.9 Å². The van der Waals surface area contributed by atoms with Gasteiger partial charge in [0.15, 0.2) is 0 Å². The molecule has 0 aliphatic rings. The van der Waals surface area contributed by atoms with E-state index in [0.717, 1.165) is 20.5 Å². The van der Waals surface area contributed by atoms with Gasteiger partial charge in [-0.05, 0) is 48.2 Å². The molecule has 0 heterocycles. The Morgan fingerprint density at radius 2 is 1.79 bits per heavy atom. The molecule has 0 atom stereocenters. The summed E-state index contributed by atoms with van der Waals surface area (Å²) in [4.78, 5) is 13.2. The SMILES string of the molecule is COCc1ccc(CNC(=O)CSc2cc(C)c(Br)cc2C)cc1. The summed E-state index contributed by atoms with van der Waals surface area (Å²) in [5, 5.41) is 2.97. The van der Waals surface area contributed by atoms with Crippen LogP contribution in [-0.4, -0.2) is 18.8 Å². The standard InChI is InChI=1S/C19H22BrNO2S/c1-13-9-18(14(2)8-17(13)20)24-12-19(22)21-10-15-4-6-16(7-5-15)11-23-3/h4-9H,10-12H2,1-3H3,(H,21,22). The summed E-state index contributed by atoms with van der Waals surface area (Å²) < 4.78 is 6.19. The van der Waals surface area contributed by atoms with Gasteiger partial charge in [0.1, 0.15) is 0 Å². The largest absolute Gasteiger partial charge is 0.380 e. The molecule has 0 aromatic heterocycles. The van der Waals surface area contributed by atoms with Crippen LogP contribution in [0.3, 0.4) is 0 Å². The number of hydrogen-bond acceptors (Lipinski definition) is 3. The Bertz CT molecular complexity index is 701. The normalized spacial score (nSPS) is 10.7. The fourth-order valence-electron chi connectivity index (χ4n) is 2.22. The van der Waals surface area contributed by atoms with E-state index in [0.29, 0.717) is 18.9 Å². The molecule has 1 amide bonds. The number of ether oxygens (including phenoxy) is 1. The van der Waals surface area contributed by atoms with Crippen molar-refractivity contribution in [3.63, 3.8) is 0 Å². The third-order valence-corrected chi connectivity index (χ3v) is 5.65. The minimum atomic E-state index is 0.0425. The van der Waals surface area contributed by atoms with E-state index in [9.17, 15) is 4.79 Å². The van der Waals surface area contributed by atoms with Gasteiger partial charge < -0.3 is 10.1 Å². The molecular formula is C19H22BrNO2S. The van der Waals surface area contributed by atoms with Gasteiger partial charge >= 0.3 is 0 Å². The molecule has 1 N–H and O–H groups in total. The molecule has 0 saturated heterocycles. The summed E-state index contributed by atoms with van der Waals surface area (Å²) in [6.07, 6.45) is 0. The number of benzene rings is 2. The van der Waals surface area contributed by atoms with Gasteiger partial charge in [-0.25, -0.2) is 0 Å². The average molecular weight is 408 g/mol. The minimum absolute atomic E-state index is 0.0425. The smallest absolute Gasteiger partial charge is 0.230 e. The second-order valence-corrected chi connectivity index (χ2v) is 7.55. The zero-order chi connectivity index (χ0) is 17.5. The predicted octanol–water partition coefficient (Wildman–Crippen LogP) is 4.62. The van der Waals surface area contributed by atoms with Crippen molar-refractivity contribution in [3.8, 4) is 0 Å². The molecule has 2 rings (SSSR count). The highest BCUT2D eigenvalue weighted by Crippen LogP contribution is 2.28. The molecule has 0 aliphatic heterocycles. The van der Waals surface area contributed by atoms with Gasteiger partial charge in [-0.1, -0.05) is 40.2 Å². The highest BCUT2D eigenvalue weighted by atomic mass is 79.9. The van der Waals surface area contributed by atoms with Crippen LogP contribution < -0.4 is 5.32 Å². The van der Waals surface area contributed by atoms with Crippen LogP contribution in [0.1, 0.15) is 22.3 Å². The summed E-state index contributed by atoms with van der Waals surface area (Å²) in [7, 11) is 1.68. The molecule has 0 radical (unpaired) electrons. The number of carbonyl (C=O) groups is 1. The monoisotopic (exact) mass is 407 g/mol. The molecule has 0 unspecified atom stereocenters. The van der Waals surface area contributed by atoms with E-state index in [2.05, 4.69) is 47.2 Å². The molecule has 3 nitrogen and oxygen atoms in total. The number of amides is 1. The number of carbonyl (C=O) groups excluding carboxylic acids is 1. The molecule has 0 aliphatic carbocycles. The lowest BCUT2D eigenvalue weighted by atomic mass is 10.1. The van der Waals surface area contributed by atoms with Gasteiger partial charge in [0.2, 0.25) is 5.91 Å². The van der Waals surface area contributed by atoms with E-state index >= 15 is 0 Å². The van der Waals surface area contributed by atoms with Crippen molar-refractivity contribution in [3.05, 3.63) is 63.1 Å². The Hall–Kier alpha value is -1.30. The number of nitrogens with one attached hydrogen (secondary N) is 1. The summed E-state index contributed by atoms with van der Waals surface area (Å²) in [6, 6.07) is 12.3. The number of methoxy groups -OCH3 is 1. The van der Waals surface area contributed by atoms with E-state index in [1.54, 1.807) is 18.9 Å². The molecule has 0 spiro atoms. The molecule has 0 fully saturated rings. The van der Waals surface area contributed by atoms with E-state index in [4.69, 9.17) is 4.74 Å². The zero-order valence-corrected chi connectivity index (χ0v) is 16.6. The summed E-state index contributed by atoms with van der Waals surface area (Å²) in [6.45, 7) is 5.27. The first-order valence-electron chi connectivity index (χ1n) is 7.72. The molecule has 2 aromatic carbocycles. The van der Waals surface area contributed by atoms with Gasteiger partial charge in [0, 0.05) is 23.0 Å². The lowest BCUT2D eigenvalue weighted by Crippen LogP contribution is -2.24. The number of halogens is 1. The molecular weight excluding hydrogens is 386 g/mol. The number of thioether (sulfide) groups is 1. The first-order valence-corrected chi connectivity index (χ1v) is 9.50. The van der Waals surface area contributed by atoms with Gasteiger partial charge in [-0.2, -0.15) is 0 Å². The van der Waals surface area contributed by atoms with Crippen molar-refractivity contribution in [2.24, 2.45) is 0 Å². The Morgan fingerprint density at radius 3 is 2.46 bits per heavy atom. The fraction of sp³-hybridized carbons (Fsp3) is 0.316. The van der Waals surface area contributed by atoms with Crippen LogP contribution in [0.25, 0.3) is 0 Å².